The zero-order valence-electron chi connectivity index (χ0n) is 12.5. The van der Waals surface area contributed by atoms with Gasteiger partial charge in [0.15, 0.2) is 5.96 Å². The van der Waals surface area contributed by atoms with Crippen LogP contribution in [-0.4, -0.2) is 25.1 Å². The van der Waals surface area contributed by atoms with Gasteiger partial charge in [0, 0.05) is 19.1 Å². The zero-order valence-corrected chi connectivity index (χ0v) is 12.5. The number of nitrogens with zero attached hydrogens (tertiary/aromatic N) is 1. The fourth-order valence-corrected chi connectivity index (χ4v) is 3.24. The smallest absolute Gasteiger partial charge is 0.191 e. The number of nitrogens with one attached hydrogen (secondary N) is 2. The highest BCUT2D eigenvalue weighted by Crippen LogP contribution is 2.41. The monoisotopic (exact) mass is 263 g/mol. The van der Waals surface area contributed by atoms with Gasteiger partial charge in [0.2, 0.25) is 0 Å². The molecule has 3 nitrogen and oxygen atoms in total. The highest BCUT2D eigenvalue weighted by molar-refractivity contribution is 5.80. The number of hydrogen-bond donors (Lipinski definition) is 2. The van der Waals surface area contributed by atoms with Gasteiger partial charge in [0.05, 0.1) is 0 Å². The standard InChI is InChI=1S/C16H29N3/c1-3-16(11-7-8-12-16)13-18-15(17-4-2)19-14-9-5-6-10-14/h5-6,14H,3-4,7-13H2,1-2H3,(H2,17,18,19). The van der Waals surface area contributed by atoms with Gasteiger partial charge in [0.25, 0.3) is 0 Å². The van der Waals surface area contributed by atoms with Crippen LogP contribution in [0.1, 0.15) is 58.8 Å². The fourth-order valence-electron chi connectivity index (χ4n) is 3.24. The third-order valence-corrected chi connectivity index (χ3v) is 4.68. The van der Waals surface area contributed by atoms with Crippen molar-refractivity contribution in [2.45, 2.75) is 64.8 Å². The van der Waals surface area contributed by atoms with Crippen molar-refractivity contribution < 1.29 is 0 Å². The van der Waals surface area contributed by atoms with Crippen molar-refractivity contribution in [1.29, 1.82) is 0 Å². The number of aliphatic imine (C=N–C) groups is 1. The molecule has 0 bridgehead atoms. The van der Waals surface area contributed by atoms with Crippen LogP contribution in [0.4, 0.5) is 0 Å². The summed E-state index contributed by atoms with van der Waals surface area (Å²) in [4.78, 5) is 4.87. The molecule has 0 saturated heterocycles. The Morgan fingerprint density at radius 1 is 1.21 bits per heavy atom. The molecule has 0 atom stereocenters. The Hall–Kier alpha value is -0.990. The van der Waals surface area contributed by atoms with Crippen molar-refractivity contribution in [3.8, 4) is 0 Å². The average molecular weight is 263 g/mol. The van der Waals surface area contributed by atoms with E-state index in [0.29, 0.717) is 11.5 Å². The summed E-state index contributed by atoms with van der Waals surface area (Å²) in [6, 6.07) is 0.541. The van der Waals surface area contributed by atoms with Gasteiger partial charge in [-0.2, -0.15) is 0 Å². The zero-order chi connectivity index (χ0) is 13.6. The van der Waals surface area contributed by atoms with Crippen LogP contribution >= 0.6 is 0 Å². The van der Waals surface area contributed by atoms with E-state index in [9.17, 15) is 0 Å². The molecule has 1 fully saturated rings. The maximum Gasteiger partial charge on any atom is 0.191 e. The first-order valence-corrected chi connectivity index (χ1v) is 7.98. The van der Waals surface area contributed by atoms with Gasteiger partial charge in [-0.05, 0) is 44.4 Å². The molecular formula is C16H29N3. The minimum atomic E-state index is 0.482. The minimum absolute atomic E-state index is 0.482. The maximum atomic E-state index is 4.87. The van der Waals surface area contributed by atoms with Crippen LogP contribution in [0.2, 0.25) is 0 Å². The van der Waals surface area contributed by atoms with E-state index < -0.39 is 0 Å². The molecule has 2 aliphatic rings. The van der Waals surface area contributed by atoms with Crippen LogP contribution in [-0.2, 0) is 0 Å². The summed E-state index contributed by atoms with van der Waals surface area (Å²) in [6.45, 7) is 6.38. The first-order valence-electron chi connectivity index (χ1n) is 7.98. The molecule has 0 aromatic heterocycles. The molecule has 3 heteroatoms. The lowest BCUT2D eigenvalue weighted by Crippen LogP contribution is -2.43. The highest BCUT2D eigenvalue weighted by atomic mass is 15.2. The third-order valence-electron chi connectivity index (χ3n) is 4.68. The van der Waals surface area contributed by atoms with Crippen molar-refractivity contribution in [2.75, 3.05) is 13.1 Å². The predicted octanol–water partition coefficient (Wildman–Crippen LogP) is 3.23. The van der Waals surface area contributed by atoms with Gasteiger partial charge in [-0.3, -0.25) is 4.99 Å². The predicted molar refractivity (Wildman–Crippen MR) is 82.5 cm³/mol. The lowest BCUT2D eigenvalue weighted by Gasteiger charge is -2.26. The second-order valence-corrected chi connectivity index (χ2v) is 6.04. The maximum absolute atomic E-state index is 4.87. The summed E-state index contributed by atoms with van der Waals surface area (Å²) in [5.41, 5.74) is 0.482. The van der Waals surface area contributed by atoms with E-state index in [2.05, 4.69) is 36.6 Å². The highest BCUT2D eigenvalue weighted by Gasteiger charge is 2.31. The number of hydrogen-bond acceptors (Lipinski definition) is 1. The Labute approximate surface area is 118 Å². The first kappa shape index (κ1) is 14.4. The van der Waals surface area contributed by atoms with Crippen molar-refractivity contribution in [3.05, 3.63) is 12.2 Å². The van der Waals surface area contributed by atoms with E-state index >= 15 is 0 Å². The first-order chi connectivity index (χ1) is 9.28. The largest absolute Gasteiger partial charge is 0.357 e. The molecule has 108 valence electrons. The molecule has 0 aromatic carbocycles. The molecule has 19 heavy (non-hydrogen) atoms. The van der Waals surface area contributed by atoms with Crippen LogP contribution in [0, 0.1) is 5.41 Å². The van der Waals surface area contributed by atoms with Crippen LogP contribution in [0.3, 0.4) is 0 Å². The third kappa shape index (κ3) is 3.99. The van der Waals surface area contributed by atoms with Crippen molar-refractivity contribution in [1.82, 2.24) is 10.6 Å². The fraction of sp³-hybridized carbons (Fsp3) is 0.812. The van der Waals surface area contributed by atoms with Gasteiger partial charge in [0.1, 0.15) is 0 Å². The summed E-state index contributed by atoms with van der Waals surface area (Å²) < 4.78 is 0. The lowest BCUT2D eigenvalue weighted by atomic mass is 9.84. The molecule has 0 spiro atoms. The van der Waals surface area contributed by atoms with E-state index in [0.717, 1.165) is 31.9 Å². The second-order valence-electron chi connectivity index (χ2n) is 6.04. The Morgan fingerprint density at radius 3 is 2.47 bits per heavy atom. The minimum Gasteiger partial charge on any atom is -0.357 e. The van der Waals surface area contributed by atoms with E-state index in [1.54, 1.807) is 0 Å². The van der Waals surface area contributed by atoms with Crippen LogP contribution in [0.15, 0.2) is 17.1 Å². The molecule has 0 radical (unpaired) electrons. The summed E-state index contributed by atoms with van der Waals surface area (Å²) in [6.07, 6.45) is 13.5. The lowest BCUT2D eigenvalue weighted by molar-refractivity contribution is 0.297. The summed E-state index contributed by atoms with van der Waals surface area (Å²) >= 11 is 0. The molecule has 0 unspecified atom stereocenters. The summed E-state index contributed by atoms with van der Waals surface area (Å²) in [5, 5.41) is 6.94. The van der Waals surface area contributed by atoms with E-state index in [1.165, 1.54) is 32.1 Å². The molecule has 2 N–H and O–H groups in total. The second kappa shape index (κ2) is 6.97. The number of guanidine groups is 1. The van der Waals surface area contributed by atoms with Gasteiger partial charge < -0.3 is 10.6 Å². The Balaban J connectivity index is 1.91. The van der Waals surface area contributed by atoms with E-state index in [4.69, 9.17) is 4.99 Å². The molecule has 2 rings (SSSR count). The van der Waals surface area contributed by atoms with Gasteiger partial charge in [-0.1, -0.05) is 31.9 Å². The number of rotatable bonds is 5. The van der Waals surface area contributed by atoms with Gasteiger partial charge in [-0.25, -0.2) is 0 Å². The quantitative estimate of drug-likeness (QED) is 0.454. The van der Waals surface area contributed by atoms with E-state index in [1.807, 2.05) is 0 Å². The van der Waals surface area contributed by atoms with Crippen LogP contribution in [0.5, 0.6) is 0 Å². The van der Waals surface area contributed by atoms with Crippen molar-refractivity contribution in [3.63, 3.8) is 0 Å². The SMILES string of the molecule is CCNC(=NCC1(CC)CCCC1)NC1CC=CC1. The van der Waals surface area contributed by atoms with E-state index in [-0.39, 0.29) is 0 Å². The van der Waals surface area contributed by atoms with Gasteiger partial charge in [-0.15, -0.1) is 0 Å². The Morgan fingerprint density at radius 2 is 1.89 bits per heavy atom. The summed E-state index contributed by atoms with van der Waals surface area (Å²) in [5.74, 6) is 1.01. The summed E-state index contributed by atoms with van der Waals surface area (Å²) in [7, 11) is 0. The Bertz CT molecular complexity index is 319. The van der Waals surface area contributed by atoms with Gasteiger partial charge >= 0.3 is 0 Å². The van der Waals surface area contributed by atoms with Crippen LogP contribution < -0.4 is 10.6 Å². The molecule has 2 aliphatic carbocycles. The molecule has 0 heterocycles. The molecule has 0 amide bonds. The normalized spacial score (nSPS) is 22.9. The average Bonchev–Trinajstić information content (AvgIpc) is 3.08. The van der Waals surface area contributed by atoms with Crippen molar-refractivity contribution in [2.24, 2.45) is 10.4 Å². The molecule has 1 saturated carbocycles. The Kier molecular flexibility index (Phi) is 5.29. The molecular weight excluding hydrogens is 234 g/mol. The molecule has 0 aliphatic heterocycles. The molecule has 0 aromatic rings. The van der Waals surface area contributed by atoms with Crippen LogP contribution in [0.25, 0.3) is 0 Å². The van der Waals surface area contributed by atoms with Crippen molar-refractivity contribution >= 4 is 5.96 Å². The topological polar surface area (TPSA) is 36.4 Å².